The fourth-order valence-electron chi connectivity index (χ4n) is 3.87. The highest BCUT2D eigenvalue weighted by molar-refractivity contribution is 7.10. The number of benzene rings is 1. The molecule has 1 aliphatic heterocycles. The van der Waals surface area contributed by atoms with E-state index in [0.29, 0.717) is 5.92 Å². The highest BCUT2D eigenvalue weighted by atomic mass is 32.1. The van der Waals surface area contributed by atoms with Gasteiger partial charge in [-0.2, -0.15) is 0 Å². The Hall–Kier alpha value is -2.14. The fraction of sp³-hybridized carbons (Fsp3) is 0.400. The lowest BCUT2D eigenvalue weighted by atomic mass is 9.88. The first-order chi connectivity index (χ1) is 12.0. The van der Waals surface area contributed by atoms with Gasteiger partial charge in [-0.3, -0.25) is 9.59 Å². The zero-order valence-electron chi connectivity index (χ0n) is 14.6. The highest BCUT2D eigenvalue weighted by Gasteiger charge is 2.25. The normalized spacial score (nSPS) is 18.6. The molecule has 2 amide bonds. The number of carbonyl (C=O) groups excluding carboxylic acids is 2. The number of amides is 2. The topological polar surface area (TPSA) is 49.4 Å². The number of nitrogens with zero attached hydrogens (tertiary/aromatic N) is 1. The Labute approximate surface area is 151 Å². The fourth-order valence-corrected chi connectivity index (χ4v) is 5.12. The summed E-state index contributed by atoms with van der Waals surface area (Å²) in [5, 5.41) is 5.05. The van der Waals surface area contributed by atoms with E-state index in [1.165, 1.54) is 10.4 Å². The molecule has 0 fully saturated rings. The van der Waals surface area contributed by atoms with Crippen molar-refractivity contribution in [1.29, 1.82) is 0 Å². The van der Waals surface area contributed by atoms with Gasteiger partial charge in [0.25, 0.3) is 5.91 Å². The van der Waals surface area contributed by atoms with Crippen LogP contribution in [0.25, 0.3) is 0 Å². The maximum absolute atomic E-state index is 12.7. The van der Waals surface area contributed by atoms with Gasteiger partial charge in [-0.25, -0.2) is 0 Å². The van der Waals surface area contributed by atoms with Crippen LogP contribution in [0.1, 0.15) is 46.6 Å². The first-order valence-electron chi connectivity index (χ1n) is 8.84. The summed E-state index contributed by atoms with van der Waals surface area (Å²) in [7, 11) is 0. The molecule has 1 aromatic carbocycles. The first kappa shape index (κ1) is 16.3. The standard InChI is InChI=1S/C20H22N2O2S/c1-12-3-5-16-17(11-25-19(16)9-12)20(24)21-15-4-6-18-14(10-15)7-8-22(18)13(2)23/h4,6,10-12H,3,5,7-9H2,1-2H3,(H,21,24). The molecule has 25 heavy (non-hydrogen) atoms. The molecular weight excluding hydrogens is 332 g/mol. The second kappa shape index (κ2) is 6.30. The average molecular weight is 354 g/mol. The quantitative estimate of drug-likeness (QED) is 0.885. The van der Waals surface area contributed by atoms with Crippen LogP contribution >= 0.6 is 11.3 Å². The third-order valence-electron chi connectivity index (χ3n) is 5.26. The van der Waals surface area contributed by atoms with Gasteiger partial charge < -0.3 is 10.2 Å². The minimum absolute atomic E-state index is 0.0200. The summed E-state index contributed by atoms with van der Waals surface area (Å²) in [6.45, 7) is 4.58. The van der Waals surface area contributed by atoms with E-state index in [-0.39, 0.29) is 11.8 Å². The molecule has 4 nitrogen and oxygen atoms in total. The van der Waals surface area contributed by atoms with Crippen LogP contribution in [0.15, 0.2) is 23.6 Å². The van der Waals surface area contributed by atoms with Crippen molar-refractivity contribution in [1.82, 2.24) is 0 Å². The van der Waals surface area contributed by atoms with Crippen LogP contribution in [0, 0.1) is 5.92 Å². The first-order valence-corrected chi connectivity index (χ1v) is 9.72. The number of thiophene rings is 1. The molecule has 1 atom stereocenters. The molecule has 1 unspecified atom stereocenters. The second-order valence-electron chi connectivity index (χ2n) is 7.12. The summed E-state index contributed by atoms with van der Waals surface area (Å²) >= 11 is 1.71. The van der Waals surface area contributed by atoms with Gasteiger partial charge in [0.2, 0.25) is 5.91 Å². The summed E-state index contributed by atoms with van der Waals surface area (Å²) in [4.78, 5) is 27.5. The number of rotatable bonds is 2. The summed E-state index contributed by atoms with van der Waals surface area (Å²) in [6, 6.07) is 5.82. The highest BCUT2D eigenvalue weighted by Crippen LogP contribution is 2.34. The van der Waals surface area contributed by atoms with Crippen molar-refractivity contribution >= 4 is 34.5 Å². The third-order valence-corrected chi connectivity index (χ3v) is 6.31. The van der Waals surface area contributed by atoms with Crippen LogP contribution in [0.2, 0.25) is 0 Å². The summed E-state index contributed by atoms with van der Waals surface area (Å²) in [6.07, 6.45) is 4.08. The van der Waals surface area contributed by atoms with Crippen molar-refractivity contribution < 1.29 is 9.59 Å². The monoisotopic (exact) mass is 354 g/mol. The Bertz CT molecular complexity index is 855. The molecule has 0 saturated heterocycles. The molecule has 1 N–H and O–H groups in total. The van der Waals surface area contributed by atoms with E-state index in [2.05, 4.69) is 12.2 Å². The number of hydrogen-bond acceptors (Lipinski definition) is 3. The molecule has 0 bridgehead atoms. The number of carbonyl (C=O) groups is 2. The van der Waals surface area contributed by atoms with Crippen molar-refractivity contribution in [3.05, 3.63) is 45.1 Å². The molecule has 1 aliphatic carbocycles. The molecule has 2 aromatic rings. The number of hydrogen-bond donors (Lipinski definition) is 1. The van der Waals surface area contributed by atoms with E-state index in [1.807, 2.05) is 23.6 Å². The minimum atomic E-state index is -0.0200. The number of fused-ring (bicyclic) bond motifs is 2. The Morgan fingerprint density at radius 2 is 2.12 bits per heavy atom. The zero-order valence-corrected chi connectivity index (χ0v) is 15.4. The van der Waals surface area contributed by atoms with Gasteiger partial charge >= 0.3 is 0 Å². The summed E-state index contributed by atoms with van der Waals surface area (Å²) in [5.74, 6) is 0.756. The van der Waals surface area contributed by atoms with Gasteiger partial charge in [-0.15, -0.1) is 11.3 Å². The van der Waals surface area contributed by atoms with E-state index in [1.54, 1.807) is 23.2 Å². The van der Waals surface area contributed by atoms with Gasteiger partial charge in [0.1, 0.15) is 0 Å². The van der Waals surface area contributed by atoms with Crippen LogP contribution in [-0.2, 0) is 24.1 Å². The van der Waals surface area contributed by atoms with Crippen LogP contribution in [-0.4, -0.2) is 18.4 Å². The maximum Gasteiger partial charge on any atom is 0.256 e. The van der Waals surface area contributed by atoms with Crippen molar-refractivity contribution in [2.45, 2.75) is 39.5 Å². The Morgan fingerprint density at radius 1 is 1.28 bits per heavy atom. The van der Waals surface area contributed by atoms with Crippen molar-refractivity contribution in [2.75, 3.05) is 16.8 Å². The number of nitrogens with one attached hydrogen (secondary N) is 1. The van der Waals surface area contributed by atoms with Crippen molar-refractivity contribution in [3.8, 4) is 0 Å². The predicted octanol–water partition coefficient (Wildman–Crippen LogP) is 4.03. The molecule has 2 aliphatic rings. The molecule has 4 rings (SSSR count). The molecular formula is C20H22N2O2S. The average Bonchev–Trinajstić information content (AvgIpc) is 3.17. The van der Waals surface area contributed by atoms with Crippen LogP contribution < -0.4 is 10.2 Å². The maximum atomic E-state index is 12.7. The molecule has 2 heterocycles. The van der Waals surface area contributed by atoms with Crippen molar-refractivity contribution in [2.24, 2.45) is 5.92 Å². The van der Waals surface area contributed by atoms with Gasteiger partial charge in [-0.05, 0) is 60.9 Å². The van der Waals surface area contributed by atoms with Gasteiger partial charge in [0.15, 0.2) is 0 Å². The smallest absolute Gasteiger partial charge is 0.256 e. The molecule has 0 radical (unpaired) electrons. The Kier molecular flexibility index (Phi) is 4.12. The predicted molar refractivity (Wildman–Crippen MR) is 102 cm³/mol. The Morgan fingerprint density at radius 3 is 2.92 bits per heavy atom. The summed E-state index contributed by atoms with van der Waals surface area (Å²) < 4.78 is 0. The Balaban J connectivity index is 1.54. The van der Waals surface area contributed by atoms with E-state index >= 15 is 0 Å². The van der Waals surface area contributed by atoms with E-state index < -0.39 is 0 Å². The molecule has 130 valence electrons. The lowest BCUT2D eigenvalue weighted by molar-refractivity contribution is -0.116. The lowest BCUT2D eigenvalue weighted by Crippen LogP contribution is -2.25. The molecule has 5 heteroatoms. The van der Waals surface area contributed by atoms with E-state index in [9.17, 15) is 9.59 Å². The van der Waals surface area contributed by atoms with Crippen LogP contribution in [0.4, 0.5) is 11.4 Å². The van der Waals surface area contributed by atoms with Gasteiger partial charge in [0.05, 0.1) is 5.56 Å². The molecule has 0 saturated carbocycles. The largest absolute Gasteiger partial charge is 0.322 e. The third kappa shape index (κ3) is 2.97. The van der Waals surface area contributed by atoms with E-state index in [0.717, 1.165) is 54.7 Å². The zero-order chi connectivity index (χ0) is 17.6. The lowest BCUT2D eigenvalue weighted by Gasteiger charge is -2.19. The second-order valence-corrected chi connectivity index (χ2v) is 8.08. The van der Waals surface area contributed by atoms with Gasteiger partial charge in [0, 0.05) is 35.1 Å². The van der Waals surface area contributed by atoms with Crippen LogP contribution in [0.5, 0.6) is 0 Å². The van der Waals surface area contributed by atoms with E-state index in [4.69, 9.17) is 0 Å². The molecule has 0 spiro atoms. The summed E-state index contributed by atoms with van der Waals surface area (Å²) in [5.41, 5.74) is 4.96. The SMILES string of the molecule is CC(=O)N1CCc2cc(NC(=O)c3csc4c3CCC(C)C4)ccc21. The van der Waals surface area contributed by atoms with Crippen molar-refractivity contribution in [3.63, 3.8) is 0 Å². The minimum Gasteiger partial charge on any atom is -0.322 e. The van der Waals surface area contributed by atoms with Gasteiger partial charge in [-0.1, -0.05) is 6.92 Å². The number of anilines is 2. The molecule has 1 aromatic heterocycles. The van der Waals surface area contributed by atoms with Crippen LogP contribution in [0.3, 0.4) is 0 Å².